The van der Waals surface area contributed by atoms with E-state index in [1.54, 1.807) is 0 Å². The lowest BCUT2D eigenvalue weighted by Crippen LogP contribution is -2.34. The van der Waals surface area contributed by atoms with Crippen LogP contribution < -0.4 is 5.32 Å². The van der Waals surface area contributed by atoms with E-state index in [1.807, 2.05) is 18.2 Å². The molecule has 0 spiro atoms. The number of hydrogen-bond donors (Lipinski definition) is 1. The Morgan fingerprint density at radius 2 is 1.79 bits per heavy atom. The summed E-state index contributed by atoms with van der Waals surface area (Å²) in [4.78, 5) is 26.6. The minimum atomic E-state index is 0. The van der Waals surface area contributed by atoms with Gasteiger partial charge in [0.05, 0.1) is 0 Å². The molecule has 0 saturated carbocycles. The third-order valence-electron chi connectivity index (χ3n) is 6.12. The van der Waals surface area contributed by atoms with Gasteiger partial charge in [-0.25, -0.2) is 0 Å². The number of amides is 1. The van der Waals surface area contributed by atoms with E-state index in [0.717, 1.165) is 50.1 Å². The van der Waals surface area contributed by atoms with Gasteiger partial charge in [-0.1, -0.05) is 42.0 Å². The van der Waals surface area contributed by atoms with Crippen LogP contribution in [0.25, 0.3) is 0 Å². The van der Waals surface area contributed by atoms with Crippen molar-refractivity contribution >= 4 is 29.8 Å². The van der Waals surface area contributed by atoms with E-state index in [0.29, 0.717) is 24.3 Å². The molecule has 2 heterocycles. The van der Waals surface area contributed by atoms with Crippen molar-refractivity contribution in [3.05, 3.63) is 64.7 Å². The van der Waals surface area contributed by atoms with Crippen LogP contribution in [0.5, 0.6) is 0 Å². The highest BCUT2D eigenvalue weighted by Gasteiger charge is 2.22. The molecule has 5 heteroatoms. The van der Waals surface area contributed by atoms with Gasteiger partial charge in [0.25, 0.3) is 0 Å². The van der Waals surface area contributed by atoms with Gasteiger partial charge in [-0.05, 0) is 62.4 Å². The second kappa shape index (κ2) is 9.55. The second-order valence-electron chi connectivity index (χ2n) is 8.12. The molecule has 29 heavy (non-hydrogen) atoms. The Morgan fingerprint density at radius 1 is 1.07 bits per heavy atom. The number of hydrogen-bond acceptors (Lipinski definition) is 3. The second-order valence-corrected chi connectivity index (χ2v) is 8.12. The molecule has 0 bridgehead atoms. The Kier molecular flexibility index (Phi) is 7.09. The highest BCUT2D eigenvalue weighted by atomic mass is 35.5. The molecule has 1 N–H and O–H groups in total. The maximum absolute atomic E-state index is 12.6. The quantitative estimate of drug-likeness (QED) is 0.720. The number of benzene rings is 2. The summed E-state index contributed by atoms with van der Waals surface area (Å²) in [7, 11) is 0. The first kappa shape index (κ1) is 21.5. The van der Waals surface area contributed by atoms with Gasteiger partial charge < -0.3 is 10.2 Å². The molecule has 2 aromatic carbocycles. The summed E-state index contributed by atoms with van der Waals surface area (Å²) >= 11 is 0. The predicted octanol–water partition coefficient (Wildman–Crippen LogP) is 4.75. The van der Waals surface area contributed by atoms with E-state index in [4.69, 9.17) is 0 Å². The number of aryl methyl sites for hydroxylation is 2. The number of fused-ring (bicyclic) bond motifs is 1. The summed E-state index contributed by atoms with van der Waals surface area (Å²) in [5.74, 6) is 0.827. The molecular formula is C24H29ClN2O2. The van der Waals surface area contributed by atoms with Crippen molar-refractivity contribution in [1.29, 1.82) is 0 Å². The fourth-order valence-electron chi connectivity index (χ4n) is 4.28. The van der Waals surface area contributed by atoms with E-state index in [1.165, 1.54) is 11.1 Å². The normalized spacial score (nSPS) is 17.2. The minimum absolute atomic E-state index is 0. The Labute approximate surface area is 179 Å². The van der Waals surface area contributed by atoms with Crippen molar-refractivity contribution in [3.63, 3.8) is 0 Å². The first-order valence-electron chi connectivity index (χ1n) is 10.3. The maximum Gasteiger partial charge on any atom is 0.224 e. The zero-order valence-electron chi connectivity index (χ0n) is 16.9. The van der Waals surface area contributed by atoms with E-state index in [2.05, 4.69) is 41.4 Å². The van der Waals surface area contributed by atoms with E-state index in [-0.39, 0.29) is 24.1 Å². The van der Waals surface area contributed by atoms with Crippen molar-refractivity contribution in [2.24, 2.45) is 0 Å². The summed E-state index contributed by atoms with van der Waals surface area (Å²) in [6.45, 7) is 5.03. The molecule has 0 aromatic heterocycles. The molecule has 0 radical (unpaired) electrons. The van der Waals surface area contributed by atoms with Gasteiger partial charge in [0.2, 0.25) is 5.91 Å². The molecule has 2 aliphatic rings. The number of carbonyl (C=O) groups excluding carboxylic acids is 2. The van der Waals surface area contributed by atoms with Gasteiger partial charge in [-0.15, -0.1) is 12.4 Å². The van der Waals surface area contributed by atoms with Crippen LogP contribution in [0.15, 0.2) is 42.5 Å². The Hall–Kier alpha value is -2.17. The molecule has 4 rings (SSSR count). The summed E-state index contributed by atoms with van der Waals surface area (Å²) < 4.78 is 0. The number of nitrogens with one attached hydrogen (secondary N) is 1. The smallest absolute Gasteiger partial charge is 0.224 e. The van der Waals surface area contributed by atoms with Gasteiger partial charge in [0.1, 0.15) is 0 Å². The molecule has 0 atom stereocenters. The third-order valence-corrected chi connectivity index (χ3v) is 6.12. The highest BCUT2D eigenvalue weighted by Crippen LogP contribution is 2.28. The summed E-state index contributed by atoms with van der Waals surface area (Å²) in [5, 5.41) is 2.88. The summed E-state index contributed by atoms with van der Waals surface area (Å²) in [5.41, 5.74) is 5.38. The first-order valence-corrected chi connectivity index (χ1v) is 10.3. The molecule has 0 unspecified atom stereocenters. The van der Waals surface area contributed by atoms with Crippen LogP contribution in [0.2, 0.25) is 0 Å². The molecule has 154 valence electrons. The number of likely N-dealkylation sites (tertiary alicyclic amines) is 1. The van der Waals surface area contributed by atoms with Crippen molar-refractivity contribution in [2.75, 3.05) is 25.0 Å². The standard InChI is InChI=1S/C24H28N2O2.ClH/c1-17-2-4-18(5-3-17)19-10-13-26(14-11-19)15-12-23(27)21-7-6-20-8-9-24(28)25-22(20)16-21;/h2-7,16,19H,8-15H2,1H3,(H,25,28);1H. The topological polar surface area (TPSA) is 49.4 Å². The number of halogens is 1. The molecule has 4 nitrogen and oxygen atoms in total. The molecule has 1 saturated heterocycles. The molecule has 1 fully saturated rings. The largest absolute Gasteiger partial charge is 0.326 e. The predicted molar refractivity (Wildman–Crippen MR) is 119 cm³/mol. The lowest BCUT2D eigenvalue weighted by Gasteiger charge is -2.32. The number of rotatable bonds is 5. The van der Waals surface area contributed by atoms with Crippen LogP contribution in [0.4, 0.5) is 5.69 Å². The fraction of sp³-hybridized carbons (Fsp3) is 0.417. The van der Waals surface area contributed by atoms with Crippen molar-refractivity contribution in [2.45, 2.75) is 44.9 Å². The number of anilines is 1. The van der Waals surface area contributed by atoms with E-state index < -0.39 is 0 Å². The minimum Gasteiger partial charge on any atom is -0.326 e. The zero-order valence-corrected chi connectivity index (χ0v) is 17.8. The SMILES string of the molecule is Cc1ccc(C2CCN(CCC(=O)c3ccc4c(c3)NC(=O)CC4)CC2)cc1.Cl. The molecular weight excluding hydrogens is 384 g/mol. The Bertz CT molecular complexity index is 871. The van der Waals surface area contributed by atoms with Gasteiger partial charge in [-0.3, -0.25) is 9.59 Å². The lowest BCUT2D eigenvalue weighted by molar-refractivity contribution is -0.116. The first-order chi connectivity index (χ1) is 13.6. The van der Waals surface area contributed by atoms with Crippen LogP contribution >= 0.6 is 12.4 Å². The van der Waals surface area contributed by atoms with Crippen molar-refractivity contribution in [3.8, 4) is 0 Å². The molecule has 2 aliphatic heterocycles. The van der Waals surface area contributed by atoms with Gasteiger partial charge >= 0.3 is 0 Å². The maximum atomic E-state index is 12.6. The monoisotopic (exact) mass is 412 g/mol. The number of carbonyl (C=O) groups is 2. The number of piperidine rings is 1. The van der Waals surface area contributed by atoms with Crippen LogP contribution in [0.1, 0.15) is 58.6 Å². The van der Waals surface area contributed by atoms with Gasteiger partial charge in [0.15, 0.2) is 5.78 Å². The van der Waals surface area contributed by atoms with E-state index >= 15 is 0 Å². The lowest BCUT2D eigenvalue weighted by atomic mass is 9.89. The van der Waals surface area contributed by atoms with Crippen LogP contribution in [0.3, 0.4) is 0 Å². The van der Waals surface area contributed by atoms with Gasteiger partial charge in [0, 0.05) is 30.6 Å². The van der Waals surface area contributed by atoms with E-state index in [9.17, 15) is 9.59 Å². The van der Waals surface area contributed by atoms with Crippen LogP contribution in [0, 0.1) is 6.92 Å². The average Bonchev–Trinajstić information content (AvgIpc) is 2.72. The van der Waals surface area contributed by atoms with Crippen molar-refractivity contribution < 1.29 is 9.59 Å². The van der Waals surface area contributed by atoms with Crippen molar-refractivity contribution in [1.82, 2.24) is 4.90 Å². The molecule has 2 aromatic rings. The average molecular weight is 413 g/mol. The summed E-state index contributed by atoms with van der Waals surface area (Å²) in [6.07, 6.45) is 4.12. The zero-order chi connectivity index (χ0) is 19.5. The highest BCUT2D eigenvalue weighted by molar-refractivity contribution is 6.00. The molecule has 0 aliphatic carbocycles. The molecule has 1 amide bonds. The van der Waals surface area contributed by atoms with Crippen LogP contribution in [-0.4, -0.2) is 36.2 Å². The van der Waals surface area contributed by atoms with Gasteiger partial charge in [-0.2, -0.15) is 0 Å². The Balaban J connectivity index is 0.00000240. The van der Waals surface area contributed by atoms with Crippen LogP contribution in [-0.2, 0) is 11.2 Å². The number of ketones is 1. The third kappa shape index (κ3) is 5.26. The fourth-order valence-corrected chi connectivity index (χ4v) is 4.28. The number of Topliss-reactive ketones (excluding diaryl/α,β-unsaturated/α-hetero) is 1. The Morgan fingerprint density at radius 3 is 2.52 bits per heavy atom. The summed E-state index contributed by atoms with van der Waals surface area (Å²) in [6, 6.07) is 14.6. The number of nitrogens with zero attached hydrogens (tertiary/aromatic N) is 1.